The summed E-state index contributed by atoms with van der Waals surface area (Å²) in [6, 6.07) is 0. The molecule has 0 aliphatic heterocycles. The topological polar surface area (TPSA) is 43.8 Å². The first-order valence-corrected chi connectivity index (χ1v) is 5.24. The first kappa shape index (κ1) is 10.4. The molecular formula is C10H15F2N3. The van der Waals surface area contributed by atoms with Crippen molar-refractivity contribution in [2.75, 3.05) is 5.73 Å². The van der Waals surface area contributed by atoms with Crippen molar-refractivity contribution in [2.24, 2.45) is 5.92 Å². The van der Waals surface area contributed by atoms with E-state index in [2.05, 4.69) is 5.10 Å². The van der Waals surface area contributed by atoms with Gasteiger partial charge in [0.1, 0.15) is 0 Å². The predicted molar refractivity (Wildman–Crippen MR) is 53.5 cm³/mol. The molecule has 0 radical (unpaired) electrons. The molecule has 3 nitrogen and oxygen atoms in total. The molecule has 84 valence electrons. The number of aromatic nitrogens is 2. The molecule has 1 saturated carbocycles. The van der Waals surface area contributed by atoms with Gasteiger partial charge in [-0.2, -0.15) is 5.10 Å². The Balaban J connectivity index is 1.88. The molecule has 0 aromatic carbocycles. The van der Waals surface area contributed by atoms with Crippen LogP contribution in [0, 0.1) is 5.92 Å². The predicted octanol–water partition coefficient (Wildman–Crippen LogP) is 2.29. The Morgan fingerprint density at radius 3 is 2.93 bits per heavy atom. The van der Waals surface area contributed by atoms with Gasteiger partial charge in [0, 0.05) is 25.1 Å². The second kappa shape index (κ2) is 3.79. The van der Waals surface area contributed by atoms with Crippen LogP contribution in [-0.4, -0.2) is 15.7 Å². The van der Waals surface area contributed by atoms with Gasteiger partial charge in [-0.15, -0.1) is 0 Å². The zero-order valence-electron chi connectivity index (χ0n) is 8.50. The van der Waals surface area contributed by atoms with E-state index >= 15 is 0 Å². The van der Waals surface area contributed by atoms with Crippen molar-refractivity contribution in [1.29, 1.82) is 0 Å². The molecule has 0 bridgehead atoms. The van der Waals surface area contributed by atoms with E-state index in [1.807, 2.05) is 0 Å². The summed E-state index contributed by atoms with van der Waals surface area (Å²) >= 11 is 0. The van der Waals surface area contributed by atoms with E-state index < -0.39 is 11.8 Å². The molecule has 1 aromatic rings. The molecule has 0 spiro atoms. The zero-order valence-corrected chi connectivity index (χ0v) is 8.50. The number of halogens is 2. The molecule has 0 saturated heterocycles. The van der Waals surface area contributed by atoms with Gasteiger partial charge in [-0.3, -0.25) is 4.68 Å². The molecule has 5 heteroatoms. The van der Waals surface area contributed by atoms with E-state index in [0.29, 0.717) is 31.5 Å². The van der Waals surface area contributed by atoms with Crippen LogP contribution < -0.4 is 5.73 Å². The van der Waals surface area contributed by atoms with E-state index in [9.17, 15) is 8.78 Å². The minimum atomic E-state index is -2.47. The van der Waals surface area contributed by atoms with Gasteiger partial charge in [-0.1, -0.05) is 0 Å². The third-order valence-corrected chi connectivity index (χ3v) is 3.02. The summed E-state index contributed by atoms with van der Waals surface area (Å²) in [5.41, 5.74) is 6.06. The Morgan fingerprint density at radius 1 is 1.60 bits per heavy atom. The Morgan fingerprint density at radius 2 is 2.40 bits per heavy atom. The quantitative estimate of drug-likeness (QED) is 0.840. The maximum absolute atomic E-state index is 13.3. The van der Waals surface area contributed by atoms with Crippen LogP contribution in [0.3, 0.4) is 0 Å². The Bertz CT molecular complexity index is 335. The highest BCUT2D eigenvalue weighted by Gasteiger charge is 2.43. The fourth-order valence-corrected chi connectivity index (χ4v) is 2.14. The average molecular weight is 215 g/mol. The molecular weight excluding hydrogens is 200 g/mol. The van der Waals surface area contributed by atoms with E-state index in [1.165, 1.54) is 6.20 Å². The largest absolute Gasteiger partial charge is 0.396 e. The maximum Gasteiger partial charge on any atom is 0.251 e. The number of nitrogens with two attached hydrogens (primary N) is 1. The standard InChI is InChI=1S/C10H15F2N3/c11-10(12)4-1-2-8(10)3-5-15-7-9(13)6-14-15/h6-8H,1-5,13H2. The van der Waals surface area contributed by atoms with E-state index in [4.69, 9.17) is 5.73 Å². The number of alkyl halides is 2. The lowest BCUT2D eigenvalue weighted by Crippen LogP contribution is -2.23. The van der Waals surface area contributed by atoms with E-state index in [1.54, 1.807) is 10.9 Å². The zero-order chi connectivity index (χ0) is 10.9. The Labute approximate surface area is 87.3 Å². The summed E-state index contributed by atoms with van der Waals surface area (Å²) in [6.07, 6.45) is 5.00. The Kier molecular flexibility index (Phi) is 2.63. The first-order chi connectivity index (χ1) is 7.08. The molecule has 1 aromatic heterocycles. The summed E-state index contributed by atoms with van der Waals surface area (Å²) in [5.74, 6) is -2.96. The summed E-state index contributed by atoms with van der Waals surface area (Å²) in [7, 11) is 0. The minimum Gasteiger partial charge on any atom is -0.396 e. The second-order valence-corrected chi connectivity index (χ2v) is 4.18. The summed E-state index contributed by atoms with van der Waals surface area (Å²) in [5, 5.41) is 3.97. The van der Waals surface area contributed by atoms with Crippen molar-refractivity contribution in [3.05, 3.63) is 12.4 Å². The molecule has 1 aliphatic rings. The van der Waals surface area contributed by atoms with Gasteiger partial charge in [0.2, 0.25) is 0 Å². The lowest BCUT2D eigenvalue weighted by molar-refractivity contribution is -0.0408. The van der Waals surface area contributed by atoms with Crippen LogP contribution in [0.4, 0.5) is 14.5 Å². The van der Waals surface area contributed by atoms with Gasteiger partial charge in [-0.05, 0) is 19.3 Å². The van der Waals surface area contributed by atoms with Crippen LogP contribution in [0.2, 0.25) is 0 Å². The SMILES string of the molecule is Nc1cnn(CCC2CCCC2(F)F)c1. The Hall–Kier alpha value is -1.13. The molecule has 2 N–H and O–H groups in total. The summed E-state index contributed by atoms with van der Waals surface area (Å²) < 4.78 is 28.2. The van der Waals surface area contributed by atoms with Crippen LogP contribution in [0.1, 0.15) is 25.7 Å². The van der Waals surface area contributed by atoms with Crippen molar-refractivity contribution >= 4 is 5.69 Å². The van der Waals surface area contributed by atoms with Gasteiger partial charge >= 0.3 is 0 Å². The van der Waals surface area contributed by atoms with Gasteiger partial charge in [-0.25, -0.2) is 8.78 Å². The highest BCUT2D eigenvalue weighted by molar-refractivity contribution is 5.30. The van der Waals surface area contributed by atoms with Crippen molar-refractivity contribution in [2.45, 2.75) is 38.2 Å². The third kappa shape index (κ3) is 2.27. The summed E-state index contributed by atoms with van der Waals surface area (Å²) in [6.45, 7) is 0.525. The number of nitrogen functional groups attached to an aromatic ring is 1. The molecule has 0 amide bonds. The highest BCUT2D eigenvalue weighted by Crippen LogP contribution is 2.42. The molecule has 1 heterocycles. The van der Waals surface area contributed by atoms with Crippen molar-refractivity contribution in [3.8, 4) is 0 Å². The minimum absolute atomic E-state index is 0.0406. The van der Waals surface area contributed by atoms with Gasteiger partial charge in [0.25, 0.3) is 5.92 Å². The smallest absolute Gasteiger partial charge is 0.251 e. The first-order valence-electron chi connectivity index (χ1n) is 5.24. The lowest BCUT2D eigenvalue weighted by atomic mass is 10.0. The van der Waals surface area contributed by atoms with Crippen LogP contribution >= 0.6 is 0 Å². The van der Waals surface area contributed by atoms with Gasteiger partial charge in [0.15, 0.2) is 0 Å². The molecule has 1 aliphatic carbocycles. The second-order valence-electron chi connectivity index (χ2n) is 4.18. The normalized spacial score (nSPS) is 24.5. The molecule has 15 heavy (non-hydrogen) atoms. The number of rotatable bonds is 3. The third-order valence-electron chi connectivity index (χ3n) is 3.02. The lowest BCUT2D eigenvalue weighted by Gasteiger charge is -2.18. The number of nitrogens with zero attached hydrogens (tertiary/aromatic N) is 2. The van der Waals surface area contributed by atoms with Crippen LogP contribution in [0.15, 0.2) is 12.4 Å². The van der Waals surface area contributed by atoms with Crippen molar-refractivity contribution in [3.63, 3.8) is 0 Å². The molecule has 1 fully saturated rings. The van der Waals surface area contributed by atoms with Crippen molar-refractivity contribution < 1.29 is 8.78 Å². The fraction of sp³-hybridized carbons (Fsp3) is 0.700. The summed E-state index contributed by atoms with van der Waals surface area (Å²) in [4.78, 5) is 0. The van der Waals surface area contributed by atoms with Gasteiger partial charge in [0.05, 0.1) is 11.9 Å². The van der Waals surface area contributed by atoms with E-state index in [-0.39, 0.29) is 6.42 Å². The molecule has 1 unspecified atom stereocenters. The van der Waals surface area contributed by atoms with Crippen LogP contribution in [0.25, 0.3) is 0 Å². The molecule has 2 rings (SSSR count). The molecule has 1 atom stereocenters. The monoisotopic (exact) mass is 215 g/mol. The highest BCUT2D eigenvalue weighted by atomic mass is 19.3. The van der Waals surface area contributed by atoms with E-state index in [0.717, 1.165) is 0 Å². The van der Waals surface area contributed by atoms with Crippen molar-refractivity contribution in [1.82, 2.24) is 9.78 Å². The van der Waals surface area contributed by atoms with Crippen LogP contribution in [0.5, 0.6) is 0 Å². The number of anilines is 1. The number of hydrogen-bond acceptors (Lipinski definition) is 2. The average Bonchev–Trinajstić information content (AvgIpc) is 2.69. The van der Waals surface area contributed by atoms with Gasteiger partial charge < -0.3 is 5.73 Å². The maximum atomic E-state index is 13.3. The number of aryl methyl sites for hydroxylation is 1. The number of hydrogen-bond donors (Lipinski definition) is 1. The fourth-order valence-electron chi connectivity index (χ4n) is 2.14. The van der Waals surface area contributed by atoms with Crippen LogP contribution in [-0.2, 0) is 6.54 Å².